The van der Waals surface area contributed by atoms with E-state index in [1.165, 1.54) is 11.1 Å². The molecule has 2 aromatic carbocycles. The molecule has 1 N–H and O–H groups in total. The number of amides is 2. The van der Waals surface area contributed by atoms with E-state index in [0.29, 0.717) is 13.1 Å². The van der Waals surface area contributed by atoms with Gasteiger partial charge >= 0.3 is 0 Å². The predicted octanol–water partition coefficient (Wildman–Crippen LogP) is 3.72. The van der Waals surface area contributed by atoms with Gasteiger partial charge in [-0.1, -0.05) is 49.4 Å². The predicted molar refractivity (Wildman–Crippen MR) is 121 cm³/mol. The molecule has 1 saturated heterocycles. The number of para-hydroxylation sites is 1. The van der Waals surface area contributed by atoms with E-state index in [0.717, 1.165) is 18.5 Å². The minimum atomic E-state index is -0.272. The molecule has 31 heavy (non-hydrogen) atoms. The third-order valence-electron chi connectivity index (χ3n) is 5.93. The molecule has 160 valence electrons. The fourth-order valence-corrected chi connectivity index (χ4v) is 4.16. The third kappa shape index (κ3) is 5.20. The highest BCUT2D eigenvalue weighted by Gasteiger charge is 2.34. The number of hydrogen-bond acceptors (Lipinski definition) is 3. The molecule has 0 spiro atoms. The largest absolute Gasteiger partial charge is 0.340 e. The highest BCUT2D eigenvalue weighted by atomic mass is 16.2. The third-order valence-corrected chi connectivity index (χ3v) is 5.93. The lowest BCUT2D eigenvalue weighted by Gasteiger charge is -2.37. The summed E-state index contributed by atoms with van der Waals surface area (Å²) in [5.74, 6) is -0.215. The van der Waals surface area contributed by atoms with Gasteiger partial charge in [0.15, 0.2) is 0 Å². The summed E-state index contributed by atoms with van der Waals surface area (Å²) in [4.78, 5) is 27.9. The summed E-state index contributed by atoms with van der Waals surface area (Å²) in [5, 5.41) is 7.16. The van der Waals surface area contributed by atoms with Crippen molar-refractivity contribution in [3.05, 3.63) is 84.2 Å². The molecule has 3 aromatic rings. The van der Waals surface area contributed by atoms with Crippen LogP contribution in [0.3, 0.4) is 0 Å². The van der Waals surface area contributed by atoms with Crippen molar-refractivity contribution >= 4 is 17.5 Å². The monoisotopic (exact) mass is 416 g/mol. The zero-order valence-corrected chi connectivity index (χ0v) is 17.8. The van der Waals surface area contributed by atoms with Gasteiger partial charge in [0.1, 0.15) is 6.54 Å². The Labute approximate surface area is 182 Å². The Morgan fingerprint density at radius 3 is 2.48 bits per heavy atom. The Hall–Kier alpha value is -3.41. The number of nitrogens with zero attached hydrogens (tertiary/aromatic N) is 3. The molecule has 2 unspecified atom stereocenters. The highest BCUT2D eigenvalue weighted by Crippen LogP contribution is 2.31. The van der Waals surface area contributed by atoms with E-state index < -0.39 is 0 Å². The van der Waals surface area contributed by atoms with Crippen molar-refractivity contribution in [2.75, 3.05) is 18.4 Å². The van der Waals surface area contributed by atoms with E-state index in [1.54, 1.807) is 23.1 Å². The molecule has 6 nitrogen and oxygen atoms in total. The summed E-state index contributed by atoms with van der Waals surface area (Å²) in [6, 6.07) is 19.8. The van der Waals surface area contributed by atoms with Gasteiger partial charge in [-0.15, -0.1) is 0 Å². The second kappa shape index (κ2) is 9.60. The van der Waals surface area contributed by atoms with Gasteiger partial charge in [0, 0.05) is 37.1 Å². The maximum atomic E-state index is 13.1. The zero-order chi connectivity index (χ0) is 21.6. The maximum Gasteiger partial charge on any atom is 0.244 e. The molecule has 0 saturated carbocycles. The van der Waals surface area contributed by atoms with Crippen molar-refractivity contribution in [2.24, 2.45) is 5.92 Å². The zero-order valence-electron chi connectivity index (χ0n) is 17.8. The summed E-state index contributed by atoms with van der Waals surface area (Å²) < 4.78 is 1.63. The molecule has 1 aromatic heterocycles. The van der Waals surface area contributed by atoms with E-state index in [2.05, 4.69) is 41.6 Å². The van der Waals surface area contributed by atoms with E-state index in [4.69, 9.17) is 0 Å². The van der Waals surface area contributed by atoms with E-state index in [-0.39, 0.29) is 30.2 Å². The van der Waals surface area contributed by atoms with Crippen LogP contribution in [0, 0.1) is 5.92 Å². The summed E-state index contributed by atoms with van der Waals surface area (Å²) in [6.07, 6.45) is 5.15. The van der Waals surface area contributed by atoms with Crippen molar-refractivity contribution in [3.8, 4) is 0 Å². The molecule has 2 atom stereocenters. The van der Waals surface area contributed by atoms with Gasteiger partial charge in [0.2, 0.25) is 11.8 Å². The Kier molecular flexibility index (Phi) is 6.46. The Morgan fingerprint density at radius 2 is 1.81 bits per heavy atom. The Morgan fingerprint density at radius 1 is 1.03 bits per heavy atom. The number of piperidine rings is 1. The van der Waals surface area contributed by atoms with Crippen molar-refractivity contribution < 1.29 is 9.59 Å². The molecule has 4 rings (SSSR count). The number of anilines is 1. The smallest absolute Gasteiger partial charge is 0.244 e. The molecule has 1 aliphatic rings. The number of rotatable bonds is 6. The molecule has 2 amide bonds. The van der Waals surface area contributed by atoms with Crippen LogP contribution >= 0.6 is 0 Å². The van der Waals surface area contributed by atoms with Crippen LogP contribution in [0.4, 0.5) is 5.69 Å². The number of carbonyl (C=O) groups is 2. The van der Waals surface area contributed by atoms with E-state index in [9.17, 15) is 9.59 Å². The second-order valence-corrected chi connectivity index (χ2v) is 8.08. The van der Waals surface area contributed by atoms with Gasteiger partial charge in [-0.05, 0) is 42.2 Å². The molecular formula is C25H28N4O2. The molecule has 1 aliphatic heterocycles. The van der Waals surface area contributed by atoms with Crippen LogP contribution in [0.15, 0.2) is 73.1 Å². The number of carbonyl (C=O) groups excluding carboxylic acids is 2. The lowest BCUT2D eigenvalue weighted by Crippen LogP contribution is -2.47. The summed E-state index contributed by atoms with van der Waals surface area (Å²) in [6.45, 7) is 3.35. The van der Waals surface area contributed by atoms with Crippen molar-refractivity contribution in [1.29, 1.82) is 0 Å². The van der Waals surface area contributed by atoms with Crippen LogP contribution in [-0.2, 0) is 22.6 Å². The molecule has 0 radical (unpaired) electrons. The Bertz CT molecular complexity index is 1000. The minimum absolute atomic E-state index is 0.0175. The first-order valence-electron chi connectivity index (χ1n) is 10.8. The van der Waals surface area contributed by atoms with Gasteiger partial charge < -0.3 is 10.2 Å². The number of nitrogens with one attached hydrogen (secondary N) is 1. The van der Waals surface area contributed by atoms with Crippen LogP contribution < -0.4 is 5.32 Å². The average molecular weight is 417 g/mol. The number of aromatic nitrogens is 2. The average Bonchev–Trinajstić information content (AvgIpc) is 3.32. The molecule has 1 fully saturated rings. The van der Waals surface area contributed by atoms with Crippen LogP contribution in [0.5, 0.6) is 0 Å². The number of likely N-dealkylation sites (tertiary alicyclic amines) is 1. The van der Waals surface area contributed by atoms with Gasteiger partial charge in [0.05, 0.1) is 5.92 Å². The standard InChI is InChI=1S/C25H28N4O2/c1-2-19-9-11-20(12-10-19)21-15-22(25(31)27-23-7-4-3-5-8-23)17-28(16-21)24(30)18-29-14-6-13-26-29/h3-14,21-22H,2,15-18H2,1H3,(H,27,31). The lowest BCUT2D eigenvalue weighted by atomic mass is 9.83. The number of benzene rings is 2. The number of hydrogen-bond donors (Lipinski definition) is 1. The number of aryl methyl sites for hydroxylation is 1. The van der Waals surface area contributed by atoms with Crippen LogP contribution in [0.25, 0.3) is 0 Å². The minimum Gasteiger partial charge on any atom is -0.340 e. The highest BCUT2D eigenvalue weighted by molar-refractivity contribution is 5.93. The SMILES string of the molecule is CCc1ccc(C2CC(C(=O)Nc3ccccc3)CN(C(=O)Cn3cccn3)C2)cc1. The fourth-order valence-electron chi connectivity index (χ4n) is 4.16. The lowest BCUT2D eigenvalue weighted by molar-refractivity contribution is -0.135. The maximum absolute atomic E-state index is 13.1. The van der Waals surface area contributed by atoms with Crippen LogP contribution in [0.2, 0.25) is 0 Å². The van der Waals surface area contributed by atoms with Crippen molar-refractivity contribution in [3.63, 3.8) is 0 Å². The van der Waals surface area contributed by atoms with Crippen LogP contribution in [-0.4, -0.2) is 39.6 Å². The topological polar surface area (TPSA) is 67.2 Å². The summed E-state index contributed by atoms with van der Waals surface area (Å²) in [7, 11) is 0. The first kappa shape index (κ1) is 20.8. The first-order chi connectivity index (χ1) is 15.1. The normalized spacial score (nSPS) is 18.5. The van der Waals surface area contributed by atoms with Crippen molar-refractivity contribution in [1.82, 2.24) is 14.7 Å². The molecular weight excluding hydrogens is 388 g/mol. The summed E-state index contributed by atoms with van der Waals surface area (Å²) >= 11 is 0. The molecule has 0 bridgehead atoms. The quantitative estimate of drug-likeness (QED) is 0.666. The van der Waals surface area contributed by atoms with Crippen LogP contribution in [0.1, 0.15) is 30.4 Å². The van der Waals surface area contributed by atoms with E-state index >= 15 is 0 Å². The molecule has 6 heteroatoms. The van der Waals surface area contributed by atoms with Gasteiger partial charge in [-0.2, -0.15) is 5.10 Å². The van der Waals surface area contributed by atoms with Gasteiger partial charge in [-0.25, -0.2) is 0 Å². The second-order valence-electron chi connectivity index (χ2n) is 8.08. The molecule has 2 heterocycles. The summed E-state index contributed by atoms with van der Waals surface area (Å²) in [5.41, 5.74) is 3.23. The van der Waals surface area contributed by atoms with Gasteiger partial charge in [0.25, 0.3) is 0 Å². The first-order valence-corrected chi connectivity index (χ1v) is 10.8. The Balaban J connectivity index is 1.53. The fraction of sp³-hybridized carbons (Fsp3) is 0.320. The van der Waals surface area contributed by atoms with Gasteiger partial charge in [-0.3, -0.25) is 14.3 Å². The van der Waals surface area contributed by atoms with E-state index in [1.807, 2.05) is 35.2 Å². The van der Waals surface area contributed by atoms with Crippen molar-refractivity contribution in [2.45, 2.75) is 32.2 Å². The molecule has 0 aliphatic carbocycles.